The molecule has 2 amide bonds. The summed E-state index contributed by atoms with van der Waals surface area (Å²) in [5.74, 6) is 1.06. The summed E-state index contributed by atoms with van der Waals surface area (Å²) >= 11 is 0. The molecule has 2 atom stereocenters. The van der Waals surface area contributed by atoms with Crippen molar-refractivity contribution in [1.82, 2.24) is 10.2 Å². The summed E-state index contributed by atoms with van der Waals surface area (Å²) in [6.45, 7) is 2.85. The second kappa shape index (κ2) is 6.81. The molecular weight excluding hydrogens is 312 g/mol. The van der Waals surface area contributed by atoms with Crippen LogP contribution in [0.5, 0.6) is 0 Å². The van der Waals surface area contributed by atoms with E-state index in [1.165, 1.54) is 24.0 Å². The lowest BCUT2D eigenvalue weighted by Crippen LogP contribution is -2.50. The van der Waals surface area contributed by atoms with Crippen molar-refractivity contribution in [3.05, 3.63) is 35.4 Å². The molecule has 4 nitrogen and oxygen atoms in total. The van der Waals surface area contributed by atoms with Crippen LogP contribution in [0.15, 0.2) is 24.3 Å². The normalized spacial score (nSPS) is 24.2. The lowest BCUT2D eigenvalue weighted by atomic mass is 10.00. The Kier molecular flexibility index (Phi) is 4.53. The van der Waals surface area contributed by atoms with Gasteiger partial charge >= 0.3 is 0 Å². The van der Waals surface area contributed by atoms with Gasteiger partial charge in [0.1, 0.15) is 6.04 Å². The van der Waals surface area contributed by atoms with Gasteiger partial charge in [0, 0.05) is 18.5 Å². The minimum Gasteiger partial charge on any atom is -0.351 e. The molecule has 0 spiro atoms. The van der Waals surface area contributed by atoms with Gasteiger partial charge in [-0.1, -0.05) is 29.8 Å². The van der Waals surface area contributed by atoms with E-state index in [0.717, 1.165) is 38.6 Å². The zero-order chi connectivity index (χ0) is 17.4. The minimum absolute atomic E-state index is 0.0658. The quantitative estimate of drug-likeness (QED) is 0.866. The molecular formula is C21H28N2O2. The van der Waals surface area contributed by atoms with Gasteiger partial charge in [-0.25, -0.2) is 0 Å². The van der Waals surface area contributed by atoms with Crippen molar-refractivity contribution >= 4 is 11.8 Å². The zero-order valence-electron chi connectivity index (χ0n) is 15.0. The zero-order valence-corrected chi connectivity index (χ0v) is 15.0. The molecule has 0 aromatic heterocycles. The van der Waals surface area contributed by atoms with E-state index < -0.39 is 0 Å². The monoisotopic (exact) mass is 340 g/mol. The Morgan fingerprint density at radius 2 is 2.00 bits per heavy atom. The number of likely N-dealkylation sites (tertiary alicyclic amines) is 1. The molecule has 2 aliphatic carbocycles. The third-order valence-corrected chi connectivity index (χ3v) is 5.82. The Hall–Kier alpha value is -1.84. The first kappa shape index (κ1) is 16.6. The van der Waals surface area contributed by atoms with Crippen LogP contribution in [0.3, 0.4) is 0 Å². The van der Waals surface area contributed by atoms with Gasteiger partial charge in [-0.05, 0) is 63.4 Å². The molecule has 4 rings (SSSR count). The molecule has 3 aliphatic rings. The van der Waals surface area contributed by atoms with E-state index >= 15 is 0 Å². The molecule has 4 heteroatoms. The fraction of sp³-hybridized carbons (Fsp3) is 0.619. The number of nitrogens with zero attached hydrogens (tertiary/aromatic N) is 1. The molecule has 0 unspecified atom stereocenters. The second-order valence-corrected chi connectivity index (χ2v) is 8.11. The first-order valence-corrected chi connectivity index (χ1v) is 9.78. The maximum atomic E-state index is 12.9. The Morgan fingerprint density at radius 3 is 2.68 bits per heavy atom. The van der Waals surface area contributed by atoms with Gasteiger partial charge in [-0.3, -0.25) is 9.59 Å². The van der Waals surface area contributed by atoms with Crippen LogP contribution in [0.2, 0.25) is 0 Å². The highest BCUT2D eigenvalue weighted by atomic mass is 16.2. The van der Waals surface area contributed by atoms with Gasteiger partial charge in [0.2, 0.25) is 11.8 Å². The van der Waals surface area contributed by atoms with Crippen molar-refractivity contribution in [2.45, 2.75) is 64.0 Å². The van der Waals surface area contributed by atoms with Gasteiger partial charge < -0.3 is 10.2 Å². The Labute approximate surface area is 150 Å². The first-order valence-electron chi connectivity index (χ1n) is 9.78. The van der Waals surface area contributed by atoms with Crippen LogP contribution in [0.4, 0.5) is 0 Å². The molecule has 1 aromatic rings. The molecule has 1 N–H and O–H groups in total. The highest BCUT2D eigenvalue weighted by Gasteiger charge is 2.42. The van der Waals surface area contributed by atoms with Crippen LogP contribution in [-0.4, -0.2) is 35.3 Å². The highest BCUT2D eigenvalue weighted by Crippen LogP contribution is 2.36. The molecule has 134 valence electrons. The number of rotatable bonds is 6. The summed E-state index contributed by atoms with van der Waals surface area (Å²) in [5.41, 5.74) is 2.55. The smallest absolute Gasteiger partial charge is 0.243 e. The highest BCUT2D eigenvalue weighted by molar-refractivity contribution is 5.90. The van der Waals surface area contributed by atoms with Crippen molar-refractivity contribution in [2.75, 3.05) is 6.54 Å². The number of amides is 2. The molecule has 1 saturated heterocycles. The Bertz CT molecular complexity index is 664. The molecule has 1 aliphatic heterocycles. The average Bonchev–Trinajstić information content (AvgIpc) is 3.50. The average molecular weight is 340 g/mol. The Morgan fingerprint density at radius 1 is 1.20 bits per heavy atom. The fourth-order valence-corrected chi connectivity index (χ4v) is 4.07. The third-order valence-electron chi connectivity index (χ3n) is 5.82. The number of aryl methyl sites for hydroxylation is 1. The van der Waals surface area contributed by atoms with Gasteiger partial charge in [-0.15, -0.1) is 0 Å². The van der Waals surface area contributed by atoms with E-state index in [-0.39, 0.29) is 29.8 Å². The summed E-state index contributed by atoms with van der Waals surface area (Å²) in [4.78, 5) is 27.2. The van der Waals surface area contributed by atoms with Crippen molar-refractivity contribution in [1.29, 1.82) is 0 Å². The van der Waals surface area contributed by atoms with Gasteiger partial charge in [0.15, 0.2) is 0 Å². The van der Waals surface area contributed by atoms with E-state index in [0.29, 0.717) is 5.92 Å². The Balaban J connectivity index is 1.41. The molecule has 1 aromatic carbocycles. The van der Waals surface area contributed by atoms with Gasteiger partial charge in [-0.2, -0.15) is 0 Å². The van der Waals surface area contributed by atoms with E-state index in [1.807, 2.05) is 4.90 Å². The predicted molar refractivity (Wildman–Crippen MR) is 97.0 cm³/mol. The summed E-state index contributed by atoms with van der Waals surface area (Å²) in [6, 6.07) is 8.50. The largest absolute Gasteiger partial charge is 0.351 e. The topological polar surface area (TPSA) is 49.4 Å². The van der Waals surface area contributed by atoms with Crippen LogP contribution in [0, 0.1) is 18.8 Å². The van der Waals surface area contributed by atoms with E-state index in [9.17, 15) is 9.59 Å². The van der Waals surface area contributed by atoms with Crippen LogP contribution >= 0.6 is 0 Å². The van der Waals surface area contributed by atoms with Crippen LogP contribution in [-0.2, 0) is 16.0 Å². The summed E-state index contributed by atoms with van der Waals surface area (Å²) in [5, 5.41) is 3.30. The molecule has 0 bridgehead atoms. The number of benzene rings is 1. The number of carbonyl (C=O) groups excluding carboxylic acids is 2. The molecule has 2 saturated carbocycles. The van der Waals surface area contributed by atoms with Crippen LogP contribution in [0.25, 0.3) is 0 Å². The standard InChI is InChI=1S/C21H28N2O2/c1-14-4-2-5-15(12-14)13-18(16-7-8-16)22-20(24)19-6-3-11-23(19)21(25)17-9-10-17/h2,4-5,12,16-19H,3,6-11,13H2,1H3,(H,22,24)/t18-,19-/m0/s1. The number of hydrogen-bond donors (Lipinski definition) is 1. The second-order valence-electron chi connectivity index (χ2n) is 8.11. The van der Waals surface area contributed by atoms with Crippen molar-refractivity contribution in [3.63, 3.8) is 0 Å². The third kappa shape index (κ3) is 3.88. The van der Waals surface area contributed by atoms with Gasteiger partial charge in [0.25, 0.3) is 0 Å². The number of carbonyl (C=O) groups is 2. The summed E-state index contributed by atoms with van der Waals surface area (Å²) < 4.78 is 0. The van der Waals surface area contributed by atoms with E-state index in [4.69, 9.17) is 0 Å². The lowest BCUT2D eigenvalue weighted by Gasteiger charge is -2.27. The van der Waals surface area contributed by atoms with Crippen molar-refractivity contribution in [3.8, 4) is 0 Å². The van der Waals surface area contributed by atoms with Crippen molar-refractivity contribution in [2.24, 2.45) is 11.8 Å². The SMILES string of the molecule is Cc1cccc(C[C@H](NC(=O)[C@@H]2CCCN2C(=O)C2CC2)C2CC2)c1. The molecule has 0 radical (unpaired) electrons. The minimum atomic E-state index is -0.244. The van der Waals surface area contributed by atoms with Crippen LogP contribution in [0.1, 0.15) is 49.7 Å². The number of nitrogens with one attached hydrogen (secondary N) is 1. The summed E-state index contributed by atoms with van der Waals surface area (Å²) in [6.07, 6.45) is 7.05. The maximum absolute atomic E-state index is 12.9. The molecule has 25 heavy (non-hydrogen) atoms. The molecule has 1 heterocycles. The molecule has 3 fully saturated rings. The first-order chi connectivity index (χ1) is 12.1. The van der Waals surface area contributed by atoms with Gasteiger partial charge in [0.05, 0.1) is 0 Å². The number of hydrogen-bond acceptors (Lipinski definition) is 2. The van der Waals surface area contributed by atoms with E-state index in [1.54, 1.807) is 0 Å². The van der Waals surface area contributed by atoms with Crippen molar-refractivity contribution < 1.29 is 9.59 Å². The maximum Gasteiger partial charge on any atom is 0.243 e. The lowest BCUT2D eigenvalue weighted by molar-refractivity contribution is -0.139. The predicted octanol–water partition coefficient (Wildman–Crippen LogP) is 2.83. The van der Waals surface area contributed by atoms with Crippen LogP contribution < -0.4 is 5.32 Å². The van der Waals surface area contributed by atoms with E-state index in [2.05, 4.69) is 36.5 Å². The summed E-state index contributed by atoms with van der Waals surface area (Å²) in [7, 11) is 0. The fourth-order valence-electron chi connectivity index (χ4n) is 4.07.